The lowest BCUT2D eigenvalue weighted by molar-refractivity contribution is 0.0985. The van der Waals surface area contributed by atoms with E-state index in [9.17, 15) is 0 Å². The maximum atomic E-state index is 5.81. The smallest absolute Gasteiger partial charge is 0.0576 e. The SMILES string of the molecule is CCCNC(CCC1CCCO1)C1CCc2ccccc21. The van der Waals surface area contributed by atoms with E-state index in [2.05, 4.69) is 36.5 Å². The summed E-state index contributed by atoms with van der Waals surface area (Å²) in [5, 5.41) is 3.82. The zero-order valence-electron chi connectivity index (χ0n) is 13.3. The lowest BCUT2D eigenvalue weighted by Gasteiger charge is -2.27. The van der Waals surface area contributed by atoms with Gasteiger partial charge in [-0.1, -0.05) is 31.2 Å². The summed E-state index contributed by atoms with van der Waals surface area (Å²) in [5.74, 6) is 0.703. The van der Waals surface area contributed by atoms with Gasteiger partial charge in [0, 0.05) is 12.6 Å². The van der Waals surface area contributed by atoms with Crippen LogP contribution in [0.15, 0.2) is 24.3 Å². The first kappa shape index (κ1) is 15.1. The van der Waals surface area contributed by atoms with Crippen molar-refractivity contribution in [3.8, 4) is 0 Å². The van der Waals surface area contributed by atoms with Gasteiger partial charge in [0.2, 0.25) is 0 Å². The number of benzene rings is 1. The topological polar surface area (TPSA) is 21.3 Å². The minimum absolute atomic E-state index is 0.521. The molecule has 116 valence electrons. The number of rotatable bonds is 7. The van der Waals surface area contributed by atoms with E-state index in [1.54, 1.807) is 11.1 Å². The first-order chi connectivity index (χ1) is 10.4. The molecular weight excluding hydrogens is 258 g/mol. The first-order valence-corrected chi connectivity index (χ1v) is 8.81. The van der Waals surface area contributed by atoms with Gasteiger partial charge < -0.3 is 10.1 Å². The Balaban J connectivity index is 1.64. The maximum Gasteiger partial charge on any atom is 0.0576 e. The second kappa shape index (κ2) is 7.42. The summed E-state index contributed by atoms with van der Waals surface area (Å²) in [4.78, 5) is 0. The molecule has 0 aromatic heterocycles. The van der Waals surface area contributed by atoms with Crippen molar-refractivity contribution >= 4 is 0 Å². The average Bonchev–Trinajstić information content (AvgIpc) is 3.17. The molecule has 3 atom stereocenters. The van der Waals surface area contributed by atoms with Crippen molar-refractivity contribution in [1.82, 2.24) is 5.32 Å². The van der Waals surface area contributed by atoms with Crippen LogP contribution in [0.5, 0.6) is 0 Å². The van der Waals surface area contributed by atoms with Gasteiger partial charge in [0.05, 0.1) is 6.10 Å². The molecule has 2 heteroatoms. The molecule has 1 aliphatic carbocycles. The summed E-state index contributed by atoms with van der Waals surface area (Å²) >= 11 is 0. The highest BCUT2D eigenvalue weighted by atomic mass is 16.5. The highest BCUT2D eigenvalue weighted by Crippen LogP contribution is 2.37. The Morgan fingerprint density at radius 1 is 1.29 bits per heavy atom. The lowest BCUT2D eigenvalue weighted by Crippen LogP contribution is -2.35. The number of nitrogens with one attached hydrogen (secondary N) is 1. The number of ether oxygens (including phenoxy) is 1. The summed E-state index contributed by atoms with van der Waals surface area (Å²) in [7, 11) is 0. The Kier molecular flexibility index (Phi) is 5.32. The van der Waals surface area contributed by atoms with Gasteiger partial charge in [-0.2, -0.15) is 0 Å². The molecule has 21 heavy (non-hydrogen) atoms. The number of hydrogen-bond acceptors (Lipinski definition) is 2. The summed E-state index contributed by atoms with van der Waals surface area (Å²) in [5.41, 5.74) is 3.17. The van der Waals surface area contributed by atoms with Crippen LogP contribution in [0.25, 0.3) is 0 Å². The van der Waals surface area contributed by atoms with Crippen molar-refractivity contribution in [2.75, 3.05) is 13.2 Å². The van der Waals surface area contributed by atoms with Crippen LogP contribution in [0.4, 0.5) is 0 Å². The molecule has 1 N–H and O–H groups in total. The standard InChI is InChI=1S/C19H29NO/c1-2-13-20-19(12-10-16-7-5-14-21-16)18-11-9-15-6-3-4-8-17(15)18/h3-4,6,8,16,18-20H,2,5,7,9-14H2,1H3. The third-order valence-corrected chi connectivity index (χ3v) is 5.15. The van der Waals surface area contributed by atoms with Crippen molar-refractivity contribution in [3.63, 3.8) is 0 Å². The van der Waals surface area contributed by atoms with Gasteiger partial charge in [0.15, 0.2) is 0 Å². The van der Waals surface area contributed by atoms with Crippen LogP contribution < -0.4 is 5.32 Å². The van der Waals surface area contributed by atoms with Gasteiger partial charge in [0.1, 0.15) is 0 Å². The second-order valence-electron chi connectivity index (χ2n) is 6.62. The zero-order chi connectivity index (χ0) is 14.5. The number of aryl methyl sites for hydroxylation is 1. The van der Waals surface area contributed by atoms with E-state index in [-0.39, 0.29) is 0 Å². The molecule has 1 fully saturated rings. The molecule has 0 saturated carbocycles. The third-order valence-electron chi connectivity index (χ3n) is 5.15. The van der Waals surface area contributed by atoms with Crippen molar-refractivity contribution in [2.24, 2.45) is 0 Å². The Morgan fingerprint density at radius 3 is 3.00 bits per heavy atom. The predicted octanol–water partition coefficient (Wildman–Crippen LogP) is 4.04. The van der Waals surface area contributed by atoms with Crippen LogP contribution in [0.1, 0.15) is 62.5 Å². The van der Waals surface area contributed by atoms with Gasteiger partial charge in [-0.05, 0) is 68.5 Å². The van der Waals surface area contributed by atoms with Gasteiger partial charge in [-0.15, -0.1) is 0 Å². The van der Waals surface area contributed by atoms with Gasteiger partial charge in [0.25, 0.3) is 0 Å². The molecule has 0 radical (unpaired) electrons. The van der Waals surface area contributed by atoms with E-state index >= 15 is 0 Å². The monoisotopic (exact) mass is 287 g/mol. The minimum Gasteiger partial charge on any atom is -0.378 e. The normalized spacial score (nSPS) is 26.0. The van der Waals surface area contributed by atoms with E-state index in [1.165, 1.54) is 44.9 Å². The molecule has 2 aliphatic rings. The van der Waals surface area contributed by atoms with Gasteiger partial charge in [-0.3, -0.25) is 0 Å². The molecule has 2 nitrogen and oxygen atoms in total. The molecule has 1 heterocycles. The fourth-order valence-corrected chi connectivity index (χ4v) is 4.02. The molecule has 1 aromatic rings. The second-order valence-corrected chi connectivity index (χ2v) is 6.62. The molecule has 3 rings (SSSR count). The van der Waals surface area contributed by atoms with Crippen LogP contribution in [-0.4, -0.2) is 25.3 Å². The fourth-order valence-electron chi connectivity index (χ4n) is 4.02. The van der Waals surface area contributed by atoms with Crippen LogP contribution in [-0.2, 0) is 11.2 Å². The Morgan fingerprint density at radius 2 is 2.19 bits per heavy atom. The van der Waals surface area contributed by atoms with E-state index < -0.39 is 0 Å². The predicted molar refractivity (Wildman–Crippen MR) is 87.8 cm³/mol. The van der Waals surface area contributed by atoms with E-state index in [4.69, 9.17) is 4.74 Å². The van der Waals surface area contributed by atoms with Crippen LogP contribution in [0.2, 0.25) is 0 Å². The average molecular weight is 287 g/mol. The van der Waals surface area contributed by atoms with E-state index in [0.717, 1.165) is 13.2 Å². The highest BCUT2D eigenvalue weighted by Gasteiger charge is 2.29. The Labute approximate surface area is 129 Å². The summed E-state index contributed by atoms with van der Waals surface area (Å²) in [6, 6.07) is 9.67. The van der Waals surface area contributed by atoms with Crippen molar-refractivity contribution in [3.05, 3.63) is 35.4 Å². The third kappa shape index (κ3) is 3.67. The molecular formula is C19H29NO. The van der Waals surface area contributed by atoms with Crippen LogP contribution in [0, 0.1) is 0 Å². The molecule has 0 bridgehead atoms. The lowest BCUT2D eigenvalue weighted by atomic mass is 9.89. The summed E-state index contributed by atoms with van der Waals surface area (Å²) in [6.07, 6.45) is 9.30. The molecule has 1 saturated heterocycles. The maximum absolute atomic E-state index is 5.81. The largest absolute Gasteiger partial charge is 0.378 e. The van der Waals surface area contributed by atoms with Crippen LogP contribution in [0.3, 0.4) is 0 Å². The molecule has 1 aliphatic heterocycles. The van der Waals surface area contributed by atoms with Crippen molar-refractivity contribution < 1.29 is 4.74 Å². The van der Waals surface area contributed by atoms with Gasteiger partial charge >= 0.3 is 0 Å². The van der Waals surface area contributed by atoms with Crippen LogP contribution >= 0.6 is 0 Å². The van der Waals surface area contributed by atoms with Gasteiger partial charge in [-0.25, -0.2) is 0 Å². The number of hydrogen-bond donors (Lipinski definition) is 1. The highest BCUT2D eigenvalue weighted by molar-refractivity contribution is 5.36. The fraction of sp³-hybridized carbons (Fsp3) is 0.684. The summed E-state index contributed by atoms with van der Waals surface area (Å²) < 4.78 is 5.81. The number of fused-ring (bicyclic) bond motifs is 1. The zero-order valence-corrected chi connectivity index (χ0v) is 13.3. The molecule has 1 aromatic carbocycles. The van der Waals surface area contributed by atoms with E-state index in [0.29, 0.717) is 18.1 Å². The Hall–Kier alpha value is -0.860. The summed E-state index contributed by atoms with van der Waals surface area (Å²) in [6.45, 7) is 4.37. The van der Waals surface area contributed by atoms with E-state index in [1.807, 2.05) is 0 Å². The minimum atomic E-state index is 0.521. The molecule has 3 unspecified atom stereocenters. The molecule has 0 amide bonds. The molecule has 0 spiro atoms. The first-order valence-electron chi connectivity index (χ1n) is 8.81. The Bertz CT molecular complexity index is 439. The quantitative estimate of drug-likeness (QED) is 0.817. The van der Waals surface area contributed by atoms with Crippen molar-refractivity contribution in [1.29, 1.82) is 0 Å². The van der Waals surface area contributed by atoms with Crippen molar-refractivity contribution in [2.45, 2.75) is 69.9 Å².